The predicted octanol–water partition coefficient (Wildman–Crippen LogP) is 2.94. The van der Waals surface area contributed by atoms with Crippen LogP contribution in [0.1, 0.15) is 65.2 Å². The van der Waals surface area contributed by atoms with Crippen LogP contribution >= 0.6 is 0 Å². The largest absolute Gasteiger partial charge is 0.396 e. The lowest BCUT2D eigenvalue weighted by molar-refractivity contribution is -0.0626. The van der Waals surface area contributed by atoms with Crippen molar-refractivity contribution < 1.29 is 29.2 Å². The van der Waals surface area contributed by atoms with Crippen molar-refractivity contribution in [1.29, 1.82) is 0 Å². The van der Waals surface area contributed by atoms with E-state index in [0.29, 0.717) is 39.1 Å². The molecule has 0 radical (unpaired) electrons. The summed E-state index contributed by atoms with van der Waals surface area (Å²) in [7, 11) is 0. The number of unbranched alkanes of at least 4 members (excludes halogenated alkanes) is 3. The highest BCUT2D eigenvalue weighted by Gasteiger charge is 2.10. The summed E-state index contributed by atoms with van der Waals surface area (Å²) in [6.45, 7) is 8.45. The number of aliphatic hydroxyl groups excluding tert-OH is 2. The highest BCUT2D eigenvalue weighted by atomic mass is 16.6. The molecule has 0 aromatic carbocycles. The Kier molecular flexibility index (Phi) is 20.9. The minimum absolute atomic E-state index is 0.0800. The van der Waals surface area contributed by atoms with E-state index in [2.05, 4.69) is 13.8 Å². The summed E-state index contributed by atoms with van der Waals surface area (Å²) in [6, 6.07) is 0. The van der Waals surface area contributed by atoms with E-state index in [1.54, 1.807) is 0 Å². The van der Waals surface area contributed by atoms with Crippen molar-refractivity contribution in [2.75, 3.05) is 52.9 Å². The molecule has 0 aliphatic heterocycles. The fourth-order valence-electron chi connectivity index (χ4n) is 2.43. The molecule has 2 unspecified atom stereocenters. The predicted molar refractivity (Wildman–Crippen MR) is 104 cm³/mol. The lowest BCUT2D eigenvalue weighted by atomic mass is 10.2. The van der Waals surface area contributed by atoms with Crippen LogP contribution in [-0.4, -0.2) is 75.3 Å². The molecule has 0 rings (SSSR count). The molecule has 0 aliphatic carbocycles. The first-order chi connectivity index (χ1) is 12.7. The Bertz CT molecular complexity index is 265. The van der Waals surface area contributed by atoms with E-state index in [1.807, 2.05) is 0 Å². The van der Waals surface area contributed by atoms with Crippen molar-refractivity contribution in [1.82, 2.24) is 0 Å². The number of hydrogen-bond acceptors (Lipinski definition) is 6. The van der Waals surface area contributed by atoms with Gasteiger partial charge in [0.25, 0.3) is 0 Å². The first kappa shape index (κ1) is 25.8. The first-order valence-electron chi connectivity index (χ1n) is 10.3. The van der Waals surface area contributed by atoms with Gasteiger partial charge >= 0.3 is 0 Å². The zero-order valence-electron chi connectivity index (χ0n) is 17.0. The Morgan fingerprint density at radius 2 is 1.19 bits per heavy atom. The maximum atomic E-state index is 8.83. The minimum Gasteiger partial charge on any atom is -0.396 e. The van der Waals surface area contributed by atoms with Crippen molar-refractivity contribution >= 4 is 0 Å². The second-order valence-corrected chi connectivity index (χ2v) is 6.68. The van der Waals surface area contributed by atoms with E-state index >= 15 is 0 Å². The van der Waals surface area contributed by atoms with Crippen LogP contribution in [0, 0.1) is 0 Å². The van der Waals surface area contributed by atoms with Crippen molar-refractivity contribution in [2.45, 2.75) is 77.4 Å². The van der Waals surface area contributed by atoms with Crippen LogP contribution in [-0.2, 0) is 18.9 Å². The molecule has 2 atom stereocenters. The van der Waals surface area contributed by atoms with E-state index in [0.717, 1.165) is 58.0 Å². The molecule has 0 fully saturated rings. The molecule has 0 bridgehead atoms. The zero-order chi connectivity index (χ0) is 19.3. The summed E-state index contributed by atoms with van der Waals surface area (Å²) in [5.41, 5.74) is 0. The molecule has 0 aromatic heterocycles. The van der Waals surface area contributed by atoms with Crippen LogP contribution in [0.5, 0.6) is 0 Å². The van der Waals surface area contributed by atoms with E-state index in [9.17, 15) is 0 Å². The second-order valence-electron chi connectivity index (χ2n) is 6.68. The van der Waals surface area contributed by atoms with Crippen LogP contribution in [0.3, 0.4) is 0 Å². The molecule has 0 aliphatic rings. The summed E-state index contributed by atoms with van der Waals surface area (Å²) in [5.74, 6) is 0. The van der Waals surface area contributed by atoms with Crippen LogP contribution in [0.4, 0.5) is 0 Å². The normalized spacial score (nSPS) is 13.8. The van der Waals surface area contributed by atoms with E-state index < -0.39 is 0 Å². The van der Waals surface area contributed by atoms with Crippen LogP contribution in [0.15, 0.2) is 0 Å². The third kappa shape index (κ3) is 18.5. The van der Waals surface area contributed by atoms with Gasteiger partial charge in [-0.15, -0.1) is 0 Å². The summed E-state index contributed by atoms with van der Waals surface area (Å²) in [5, 5.41) is 17.6. The SMILES string of the molecule is CCCC(C)OCCCCOCC(COCCCCO)OCCCCO. The average molecular weight is 379 g/mol. The summed E-state index contributed by atoms with van der Waals surface area (Å²) in [4.78, 5) is 0. The highest BCUT2D eigenvalue weighted by molar-refractivity contribution is 4.57. The lowest BCUT2D eigenvalue weighted by Gasteiger charge is -2.18. The molecular weight excluding hydrogens is 336 g/mol. The average Bonchev–Trinajstić information content (AvgIpc) is 2.63. The fourth-order valence-corrected chi connectivity index (χ4v) is 2.43. The topological polar surface area (TPSA) is 77.4 Å². The van der Waals surface area contributed by atoms with Gasteiger partial charge in [0, 0.05) is 39.6 Å². The maximum Gasteiger partial charge on any atom is 0.104 e. The lowest BCUT2D eigenvalue weighted by Crippen LogP contribution is -2.27. The van der Waals surface area contributed by atoms with Gasteiger partial charge in [-0.25, -0.2) is 0 Å². The number of ether oxygens (including phenoxy) is 4. The van der Waals surface area contributed by atoms with E-state index in [4.69, 9.17) is 29.2 Å². The van der Waals surface area contributed by atoms with E-state index in [-0.39, 0.29) is 19.3 Å². The van der Waals surface area contributed by atoms with Gasteiger partial charge in [-0.3, -0.25) is 0 Å². The number of hydrogen-bond donors (Lipinski definition) is 2. The van der Waals surface area contributed by atoms with Gasteiger partial charge < -0.3 is 29.2 Å². The van der Waals surface area contributed by atoms with Gasteiger partial charge in [0.1, 0.15) is 6.10 Å². The molecule has 2 N–H and O–H groups in total. The van der Waals surface area contributed by atoms with Gasteiger partial charge in [0.05, 0.1) is 19.3 Å². The molecule has 0 spiro atoms. The van der Waals surface area contributed by atoms with Gasteiger partial charge in [-0.05, 0) is 51.9 Å². The Labute approximate surface area is 160 Å². The molecule has 26 heavy (non-hydrogen) atoms. The van der Waals surface area contributed by atoms with Crippen LogP contribution in [0.2, 0.25) is 0 Å². The Morgan fingerprint density at radius 1 is 0.692 bits per heavy atom. The second kappa shape index (κ2) is 21.1. The quantitative estimate of drug-likeness (QED) is 0.299. The molecule has 0 aromatic rings. The van der Waals surface area contributed by atoms with E-state index in [1.165, 1.54) is 0 Å². The Balaban J connectivity index is 3.72. The van der Waals surface area contributed by atoms with Crippen molar-refractivity contribution in [3.05, 3.63) is 0 Å². The standard InChI is InChI=1S/C20H42O6/c1-3-10-19(2)25-15-9-8-14-24-18-20(26-16-7-5-12-22)17-23-13-6-4-11-21/h19-22H,3-18H2,1-2H3. The molecular formula is C20H42O6. The fraction of sp³-hybridized carbons (Fsp3) is 1.00. The smallest absolute Gasteiger partial charge is 0.104 e. The number of rotatable bonds is 21. The van der Waals surface area contributed by atoms with Crippen LogP contribution < -0.4 is 0 Å². The molecule has 0 saturated carbocycles. The van der Waals surface area contributed by atoms with Gasteiger partial charge in [-0.1, -0.05) is 13.3 Å². The zero-order valence-corrected chi connectivity index (χ0v) is 17.0. The molecule has 158 valence electrons. The summed E-state index contributed by atoms with van der Waals surface area (Å²) < 4.78 is 22.9. The monoisotopic (exact) mass is 378 g/mol. The van der Waals surface area contributed by atoms with Gasteiger partial charge in [-0.2, -0.15) is 0 Å². The van der Waals surface area contributed by atoms with Crippen molar-refractivity contribution in [3.63, 3.8) is 0 Å². The van der Waals surface area contributed by atoms with Gasteiger partial charge in [0.2, 0.25) is 0 Å². The Morgan fingerprint density at radius 3 is 1.77 bits per heavy atom. The maximum absolute atomic E-state index is 8.83. The molecule has 6 heteroatoms. The van der Waals surface area contributed by atoms with Crippen molar-refractivity contribution in [3.8, 4) is 0 Å². The first-order valence-corrected chi connectivity index (χ1v) is 10.3. The molecule has 6 nitrogen and oxygen atoms in total. The molecule has 0 heterocycles. The summed E-state index contributed by atoms with van der Waals surface area (Å²) in [6.07, 6.45) is 7.73. The molecule has 0 amide bonds. The van der Waals surface area contributed by atoms with Crippen molar-refractivity contribution in [2.24, 2.45) is 0 Å². The molecule has 0 saturated heterocycles. The van der Waals surface area contributed by atoms with Gasteiger partial charge in [0.15, 0.2) is 0 Å². The Hall–Kier alpha value is -0.240. The highest BCUT2D eigenvalue weighted by Crippen LogP contribution is 2.04. The van der Waals surface area contributed by atoms with Crippen LogP contribution in [0.25, 0.3) is 0 Å². The minimum atomic E-state index is -0.0800. The summed E-state index contributed by atoms with van der Waals surface area (Å²) >= 11 is 0. The number of aliphatic hydroxyl groups is 2. The third-order valence-corrected chi connectivity index (χ3v) is 3.99. The third-order valence-electron chi connectivity index (χ3n) is 3.99.